The van der Waals surface area contributed by atoms with E-state index < -0.39 is 9.83 Å². The van der Waals surface area contributed by atoms with Gasteiger partial charge in [0, 0.05) is 25.1 Å². The zero-order valence-corrected chi connectivity index (χ0v) is 16.9. The summed E-state index contributed by atoms with van der Waals surface area (Å²) < 4.78 is 13.2. The van der Waals surface area contributed by atoms with E-state index in [1.54, 1.807) is 19.7 Å². The van der Waals surface area contributed by atoms with Crippen LogP contribution in [0.25, 0.3) is 0 Å². The molecule has 124 valence electrons. The molecule has 1 aromatic rings. The lowest BCUT2D eigenvalue weighted by Crippen LogP contribution is -2.56. The third-order valence-corrected chi connectivity index (χ3v) is 18.2. The Hall–Kier alpha value is 0.770. The fourth-order valence-corrected chi connectivity index (χ4v) is 20.6. The van der Waals surface area contributed by atoms with E-state index in [1.165, 1.54) is 44.1 Å². The summed E-state index contributed by atoms with van der Waals surface area (Å²) in [6.07, 6.45) is 8.23. The predicted molar refractivity (Wildman–Crippen MR) is 107 cm³/mol. The van der Waals surface area contributed by atoms with Crippen LogP contribution < -0.4 is 0 Å². The molecule has 23 heavy (non-hydrogen) atoms. The van der Waals surface area contributed by atoms with Gasteiger partial charge in [-0.3, -0.25) is 0 Å². The molecule has 0 radical (unpaired) electrons. The highest BCUT2D eigenvalue weighted by Crippen LogP contribution is 2.76. The molecule has 2 unspecified atom stereocenters. The van der Waals surface area contributed by atoms with Crippen molar-refractivity contribution in [2.24, 2.45) is 23.2 Å². The zero-order valence-electron chi connectivity index (χ0n) is 12.8. The molecule has 1 aromatic carbocycles. The Kier molecular flexibility index (Phi) is 4.10. The van der Waals surface area contributed by atoms with Crippen LogP contribution in [-0.2, 0) is 13.9 Å². The molecular weight excluding hydrogens is 381 g/mol. The lowest BCUT2D eigenvalue weighted by molar-refractivity contribution is -0.0605. The maximum atomic E-state index is 13.5. The molecule has 6 heteroatoms. The summed E-state index contributed by atoms with van der Waals surface area (Å²) in [5, 5.41) is 0. The van der Waals surface area contributed by atoms with Crippen LogP contribution in [0.3, 0.4) is 0 Å². The van der Waals surface area contributed by atoms with E-state index in [0.29, 0.717) is 0 Å². The second kappa shape index (κ2) is 5.90. The molecule has 4 bridgehead atoms. The SMILES string of the molecule is O=S1SSSSC1(c1ccccc1)C12CC3CC(CC(C3)C1)C2. The first kappa shape index (κ1) is 16.0. The number of benzene rings is 1. The molecule has 2 atom stereocenters. The second-order valence-corrected chi connectivity index (χ2v) is 16.5. The van der Waals surface area contributed by atoms with Gasteiger partial charge in [0.15, 0.2) is 0 Å². The van der Waals surface area contributed by atoms with Gasteiger partial charge in [-0.1, -0.05) is 41.1 Å². The summed E-state index contributed by atoms with van der Waals surface area (Å²) in [6, 6.07) is 10.8. The third-order valence-electron chi connectivity index (χ3n) is 6.39. The average Bonchev–Trinajstić information content (AvgIpc) is 2.55. The smallest absolute Gasteiger partial charge is 0.143 e. The van der Waals surface area contributed by atoms with E-state index in [1.807, 2.05) is 20.6 Å². The minimum absolute atomic E-state index is 0.217. The van der Waals surface area contributed by atoms with Crippen molar-refractivity contribution in [2.45, 2.75) is 42.6 Å². The van der Waals surface area contributed by atoms with E-state index in [0.717, 1.165) is 17.8 Å². The van der Waals surface area contributed by atoms with Crippen molar-refractivity contribution in [2.75, 3.05) is 0 Å². The van der Waals surface area contributed by atoms with E-state index in [4.69, 9.17) is 0 Å². The Bertz CT molecular complexity index is 598. The maximum absolute atomic E-state index is 13.5. The number of hydrogen-bond acceptors (Lipinski definition) is 5. The summed E-state index contributed by atoms with van der Waals surface area (Å²) in [5.41, 5.74) is 1.56. The molecule has 5 aliphatic rings. The van der Waals surface area contributed by atoms with Crippen LogP contribution >= 0.6 is 40.3 Å². The molecule has 6 rings (SSSR count). The van der Waals surface area contributed by atoms with Gasteiger partial charge in [-0.25, -0.2) is 4.21 Å². The highest BCUT2D eigenvalue weighted by Gasteiger charge is 2.65. The van der Waals surface area contributed by atoms with Gasteiger partial charge in [-0.2, -0.15) is 0 Å². The molecule has 1 nitrogen and oxygen atoms in total. The van der Waals surface area contributed by atoms with E-state index in [-0.39, 0.29) is 9.49 Å². The van der Waals surface area contributed by atoms with Crippen LogP contribution in [0.2, 0.25) is 0 Å². The summed E-state index contributed by atoms with van der Waals surface area (Å²) in [5.74, 6) is 2.68. The normalized spacial score (nSPS) is 48.5. The van der Waals surface area contributed by atoms with Gasteiger partial charge >= 0.3 is 0 Å². The molecule has 1 aliphatic heterocycles. The number of hydrogen-bond donors (Lipinski definition) is 0. The van der Waals surface area contributed by atoms with Crippen molar-refractivity contribution in [1.29, 1.82) is 0 Å². The van der Waals surface area contributed by atoms with Crippen LogP contribution in [0.5, 0.6) is 0 Å². The highest BCUT2D eigenvalue weighted by molar-refractivity contribution is 9.37. The largest absolute Gasteiger partial charge is 0.245 e. The van der Waals surface area contributed by atoms with Crippen molar-refractivity contribution in [3.63, 3.8) is 0 Å². The first-order valence-electron chi connectivity index (χ1n) is 8.39. The zero-order chi connectivity index (χ0) is 15.5. The Labute approximate surface area is 155 Å². The summed E-state index contributed by atoms with van der Waals surface area (Å²) in [7, 11) is 6.19. The van der Waals surface area contributed by atoms with Gasteiger partial charge in [0.25, 0.3) is 0 Å². The lowest BCUT2D eigenvalue weighted by Gasteiger charge is -2.63. The fourth-order valence-electron chi connectivity index (χ4n) is 6.06. The second-order valence-electron chi connectivity index (χ2n) is 7.70. The van der Waals surface area contributed by atoms with Crippen molar-refractivity contribution in [3.8, 4) is 0 Å². The molecule has 0 N–H and O–H groups in total. The van der Waals surface area contributed by atoms with Crippen molar-refractivity contribution in [3.05, 3.63) is 35.9 Å². The Morgan fingerprint density at radius 2 is 1.52 bits per heavy atom. The molecule has 5 fully saturated rings. The summed E-state index contributed by atoms with van der Waals surface area (Å²) >= 11 is 0. The quantitative estimate of drug-likeness (QED) is 0.532. The van der Waals surface area contributed by atoms with Gasteiger partial charge in [0.2, 0.25) is 0 Å². The molecule has 0 aromatic heterocycles. The molecular formula is C17H20OS5. The van der Waals surface area contributed by atoms with Gasteiger partial charge in [-0.15, -0.1) is 0 Å². The molecule has 1 heterocycles. The average molecular weight is 401 g/mol. The Morgan fingerprint density at radius 3 is 2.09 bits per heavy atom. The van der Waals surface area contributed by atoms with Crippen LogP contribution in [0.4, 0.5) is 0 Å². The topological polar surface area (TPSA) is 17.1 Å². The van der Waals surface area contributed by atoms with E-state index in [2.05, 4.69) is 30.3 Å². The predicted octanol–water partition coefficient (Wildman–Crippen LogP) is 6.41. The van der Waals surface area contributed by atoms with Crippen LogP contribution in [0.15, 0.2) is 30.3 Å². The monoisotopic (exact) mass is 400 g/mol. The van der Waals surface area contributed by atoms with Crippen molar-refractivity contribution in [1.82, 2.24) is 0 Å². The molecule has 4 saturated carbocycles. The summed E-state index contributed by atoms with van der Waals surface area (Å²) in [6.45, 7) is 0. The maximum Gasteiger partial charge on any atom is 0.143 e. The Balaban J connectivity index is 1.67. The van der Waals surface area contributed by atoms with Gasteiger partial charge in [0.05, 0.1) is 0 Å². The van der Waals surface area contributed by atoms with Crippen molar-refractivity contribution >= 4 is 50.1 Å². The standard InChI is InChI=1S/C17H20OS5/c18-23-17(19-20-21-22-23,15-4-2-1-3-5-15)16-9-12-6-13(10-16)8-14(7-12)11-16/h1-5,12-14H,6-11H2. The van der Waals surface area contributed by atoms with Crippen LogP contribution in [0, 0.1) is 23.2 Å². The first-order chi connectivity index (χ1) is 11.2. The Morgan fingerprint density at radius 1 is 0.913 bits per heavy atom. The molecule has 4 aliphatic carbocycles. The van der Waals surface area contributed by atoms with Gasteiger partial charge in [-0.05, 0) is 71.7 Å². The van der Waals surface area contributed by atoms with Gasteiger partial charge in [0.1, 0.15) is 13.9 Å². The highest BCUT2D eigenvalue weighted by atomic mass is 33.8. The minimum atomic E-state index is -0.878. The summed E-state index contributed by atoms with van der Waals surface area (Å²) in [4.78, 5) is 0. The first-order valence-corrected chi connectivity index (χ1v) is 14.9. The van der Waals surface area contributed by atoms with Gasteiger partial charge < -0.3 is 0 Å². The van der Waals surface area contributed by atoms with Crippen LogP contribution in [0.1, 0.15) is 44.1 Å². The third kappa shape index (κ3) is 2.34. The minimum Gasteiger partial charge on any atom is -0.245 e. The molecule has 1 saturated heterocycles. The number of rotatable bonds is 2. The molecule has 0 amide bonds. The van der Waals surface area contributed by atoms with Crippen molar-refractivity contribution < 1.29 is 4.21 Å². The fraction of sp³-hybridized carbons (Fsp3) is 0.647. The van der Waals surface area contributed by atoms with E-state index >= 15 is 0 Å². The van der Waals surface area contributed by atoms with Crippen LogP contribution in [-0.4, -0.2) is 4.21 Å². The van der Waals surface area contributed by atoms with E-state index in [9.17, 15) is 4.21 Å². The lowest BCUT2D eigenvalue weighted by atomic mass is 9.48. The molecule has 0 spiro atoms.